The molecule has 0 aliphatic rings. The molecule has 1 rings (SSSR count). The van der Waals surface area contributed by atoms with Gasteiger partial charge in [0.25, 0.3) is 0 Å². The first kappa shape index (κ1) is 6.55. The fourth-order valence-electron chi connectivity index (χ4n) is 0.450. The van der Waals surface area contributed by atoms with Gasteiger partial charge in [0.15, 0.2) is 0 Å². The molecule has 0 aliphatic carbocycles. The van der Waals surface area contributed by atoms with E-state index in [1.807, 2.05) is 0 Å². The van der Waals surface area contributed by atoms with Crippen molar-refractivity contribution >= 4 is 18.8 Å². The molecule has 0 amide bonds. The van der Waals surface area contributed by atoms with Gasteiger partial charge in [-0.15, -0.1) is 0 Å². The van der Waals surface area contributed by atoms with Gasteiger partial charge in [0.1, 0.15) is 0 Å². The van der Waals surface area contributed by atoms with E-state index in [1.54, 1.807) is 12.1 Å². The predicted molar refractivity (Wildman–Crippen MR) is 32.5 cm³/mol. The van der Waals surface area contributed by atoms with Crippen LogP contribution in [0.25, 0.3) is 0 Å². The number of pyridine rings is 1. The van der Waals surface area contributed by atoms with Crippen molar-refractivity contribution < 1.29 is 8.02 Å². The molecule has 1 aromatic rings. The van der Waals surface area contributed by atoms with E-state index < -0.39 is 14.2 Å². The number of nitrogens with zero attached hydrogens (tertiary/aromatic N) is 1. The van der Waals surface area contributed by atoms with E-state index in [0.29, 0.717) is 0 Å². The van der Waals surface area contributed by atoms with Gasteiger partial charge >= 0.3 is 56.2 Å². The Labute approximate surface area is 56.8 Å². The van der Waals surface area contributed by atoms with E-state index in [4.69, 9.17) is 4.19 Å². The number of hydrogen-bond donors (Lipinski definition) is 1. The SMILES string of the molecule is O=[Se](O)c1ccccn1. The molecule has 9 heavy (non-hydrogen) atoms. The van der Waals surface area contributed by atoms with Crippen molar-refractivity contribution in [1.82, 2.24) is 4.98 Å². The van der Waals surface area contributed by atoms with E-state index in [1.165, 1.54) is 12.3 Å². The zero-order valence-electron chi connectivity index (χ0n) is 4.52. The van der Waals surface area contributed by atoms with Crippen molar-refractivity contribution in [3.05, 3.63) is 24.4 Å². The fraction of sp³-hybridized carbons (Fsp3) is 0. The third-order valence-corrected chi connectivity index (χ3v) is 2.07. The summed E-state index contributed by atoms with van der Waals surface area (Å²) in [6.45, 7) is 0. The Morgan fingerprint density at radius 3 is 2.67 bits per heavy atom. The quantitative estimate of drug-likeness (QED) is 0.590. The van der Waals surface area contributed by atoms with Crippen molar-refractivity contribution in [2.24, 2.45) is 0 Å². The normalized spacial score (nSPS) is 13.0. The minimum atomic E-state index is -2.77. The minimum absolute atomic E-state index is 0.289. The predicted octanol–water partition coefficient (Wildman–Crippen LogP) is -0.800. The molecule has 1 atom stereocenters. The maximum atomic E-state index is 10.3. The number of hydrogen-bond acceptors (Lipinski definition) is 2. The topological polar surface area (TPSA) is 50.2 Å². The molecule has 1 N–H and O–H groups in total. The molecule has 0 fully saturated rings. The van der Waals surface area contributed by atoms with Crippen LogP contribution in [0.15, 0.2) is 24.4 Å². The fourth-order valence-corrected chi connectivity index (χ4v) is 1.18. The first-order valence-electron chi connectivity index (χ1n) is 2.32. The van der Waals surface area contributed by atoms with Crippen molar-refractivity contribution in [1.29, 1.82) is 0 Å². The third-order valence-electron chi connectivity index (χ3n) is 0.817. The van der Waals surface area contributed by atoms with E-state index in [2.05, 4.69) is 4.98 Å². The van der Waals surface area contributed by atoms with Gasteiger partial charge in [-0.25, -0.2) is 0 Å². The van der Waals surface area contributed by atoms with Crippen LogP contribution in [0.3, 0.4) is 0 Å². The van der Waals surface area contributed by atoms with E-state index in [9.17, 15) is 3.83 Å². The summed E-state index contributed by atoms with van der Waals surface area (Å²) < 4.78 is 19.2. The number of rotatable bonds is 1. The van der Waals surface area contributed by atoms with Gasteiger partial charge in [0, 0.05) is 0 Å². The monoisotopic (exact) mass is 191 g/mol. The number of aromatic nitrogens is 1. The molecule has 48 valence electrons. The molecule has 0 radical (unpaired) electrons. The molecule has 4 heteroatoms. The summed E-state index contributed by atoms with van der Waals surface area (Å²) in [7, 11) is 0. The summed E-state index contributed by atoms with van der Waals surface area (Å²) in [5, 5.41) is 0. The van der Waals surface area contributed by atoms with E-state index in [0.717, 1.165) is 0 Å². The Bertz CT molecular complexity index is 211. The molecule has 0 aromatic carbocycles. The second-order valence-corrected chi connectivity index (χ2v) is 3.34. The molecule has 3 nitrogen and oxygen atoms in total. The summed E-state index contributed by atoms with van der Waals surface area (Å²) >= 11 is -2.77. The van der Waals surface area contributed by atoms with Gasteiger partial charge in [-0.2, -0.15) is 0 Å². The van der Waals surface area contributed by atoms with Crippen LogP contribution in [0.4, 0.5) is 0 Å². The molecule has 0 spiro atoms. The Morgan fingerprint density at radius 1 is 1.56 bits per heavy atom. The van der Waals surface area contributed by atoms with Gasteiger partial charge < -0.3 is 0 Å². The third kappa shape index (κ3) is 1.68. The van der Waals surface area contributed by atoms with Crippen LogP contribution >= 0.6 is 0 Å². The van der Waals surface area contributed by atoms with Gasteiger partial charge in [-0.1, -0.05) is 0 Å². The summed E-state index contributed by atoms with van der Waals surface area (Å²) in [4.78, 5) is 3.67. The molecule has 1 unspecified atom stereocenters. The van der Waals surface area contributed by atoms with Crippen molar-refractivity contribution in [3.8, 4) is 0 Å². The Balaban J connectivity index is 2.98. The molecule has 0 saturated carbocycles. The Kier molecular flexibility index (Phi) is 2.05. The molecular weight excluding hydrogens is 185 g/mol. The second kappa shape index (κ2) is 2.82. The van der Waals surface area contributed by atoms with Crippen LogP contribution in [-0.2, 0) is 3.83 Å². The zero-order valence-corrected chi connectivity index (χ0v) is 6.23. The molecule has 1 heterocycles. The maximum absolute atomic E-state index is 10.3. The van der Waals surface area contributed by atoms with E-state index >= 15 is 0 Å². The standard InChI is InChI=1S/C5H5NO2Se/c7-9(8)5-3-1-2-4-6-5/h1-4H,(H,7,8). The molecular formula is C5H5NO2Se. The molecule has 0 saturated heterocycles. The Morgan fingerprint density at radius 2 is 2.33 bits per heavy atom. The van der Waals surface area contributed by atoms with Crippen molar-refractivity contribution in [3.63, 3.8) is 0 Å². The van der Waals surface area contributed by atoms with Crippen LogP contribution in [0.2, 0.25) is 0 Å². The molecule has 0 aliphatic heterocycles. The average molecular weight is 190 g/mol. The van der Waals surface area contributed by atoms with Gasteiger partial charge in [0.05, 0.1) is 0 Å². The first-order valence-corrected chi connectivity index (χ1v) is 4.65. The zero-order chi connectivity index (χ0) is 6.69. The van der Waals surface area contributed by atoms with E-state index in [-0.39, 0.29) is 4.59 Å². The van der Waals surface area contributed by atoms with Crippen LogP contribution in [0.5, 0.6) is 0 Å². The van der Waals surface area contributed by atoms with Crippen molar-refractivity contribution in [2.75, 3.05) is 0 Å². The second-order valence-electron chi connectivity index (χ2n) is 1.42. The van der Waals surface area contributed by atoms with Crippen LogP contribution in [0, 0.1) is 0 Å². The summed E-state index contributed by atoms with van der Waals surface area (Å²) in [5.41, 5.74) is 0. The summed E-state index contributed by atoms with van der Waals surface area (Å²) in [5.74, 6) is 0. The summed E-state index contributed by atoms with van der Waals surface area (Å²) in [6, 6.07) is 4.93. The van der Waals surface area contributed by atoms with Crippen LogP contribution < -0.4 is 4.59 Å². The van der Waals surface area contributed by atoms with Gasteiger partial charge in [-0.05, 0) is 0 Å². The first-order chi connectivity index (χ1) is 4.30. The van der Waals surface area contributed by atoms with Gasteiger partial charge in [-0.3, -0.25) is 0 Å². The Hall–Kier alpha value is -0.571. The van der Waals surface area contributed by atoms with Crippen LogP contribution in [-0.4, -0.2) is 23.3 Å². The van der Waals surface area contributed by atoms with Gasteiger partial charge in [0.2, 0.25) is 0 Å². The summed E-state index contributed by atoms with van der Waals surface area (Å²) in [6.07, 6.45) is 1.50. The molecule has 1 aromatic heterocycles. The average Bonchev–Trinajstić information content (AvgIpc) is 1.90. The van der Waals surface area contributed by atoms with Crippen LogP contribution in [0.1, 0.15) is 0 Å². The molecule has 0 bridgehead atoms. The van der Waals surface area contributed by atoms with Crippen molar-refractivity contribution in [2.45, 2.75) is 0 Å².